The molecule has 0 unspecified atom stereocenters. The molecule has 110 valence electrons. The van der Waals surface area contributed by atoms with Crippen molar-refractivity contribution in [2.24, 2.45) is 0 Å². The summed E-state index contributed by atoms with van der Waals surface area (Å²) in [6.07, 6.45) is 5.80. The highest BCUT2D eigenvalue weighted by Crippen LogP contribution is 2.26. The van der Waals surface area contributed by atoms with Gasteiger partial charge in [-0.25, -0.2) is 4.98 Å². The van der Waals surface area contributed by atoms with Crippen molar-refractivity contribution in [3.05, 3.63) is 22.8 Å². The predicted octanol–water partition coefficient (Wildman–Crippen LogP) is 2.15. The van der Waals surface area contributed by atoms with Gasteiger partial charge in [0.25, 0.3) is 5.91 Å². The lowest BCUT2D eigenvalue weighted by Gasteiger charge is -2.28. The van der Waals surface area contributed by atoms with Crippen LogP contribution in [0.1, 0.15) is 36.0 Å². The van der Waals surface area contributed by atoms with Crippen LogP contribution in [0.4, 0.5) is 5.82 Å². The Hall–Kier alpha value is -1.33. The van der Waals surface area contributed by atoms with Crippen molar-refractivity contribution < 1.29 is 9.90 Å². The van der Waals surface area contributed by atoms with Gasteiger partial charge in [0.05, 0.1) is 17.2 Å². The van der Waals surface area contributed by atoms with Crippen molar-refractivity contribution in [3.8, 4) is 0 Å². The highest BCUT2D eigenvalue weighted by molar-refractivity contribution is 6.33. The minimum atomic E-state index is -0.108. The Kier molecular flexibility index (Phi) is 5.20. The summed E-state index contributed by atoms with van der Waals surface area (Å²) >= 11 is 6.07. The van der Waals surface area contributed by atoms with E-state index in [-0.39, 0.29) is 18.6 Å². The SMILES string of the molecule is CNc1ncc(C(=O)N(CCO)C2CCCC2)cc1Cl. The van der Waals surface area contributed by atoms with Crippen LogP contribution in [-0.4, -0.2) is 47.1 Å². The Morgan fingerprint density at radius 1 is 1.55 bits per heavy atom. The van der Waals surface area contributed by atoms with Gasteiger partial charge in [-0.15, -0.1) is 0 Å². The minimum Gasteiger partial charge on any atom is -0.395 e. The number of rotatable bonds is 5. The van der Waals surface area contributed by atoms with E-state index in [0.717, 1.165) is 25.7 Å². The first-order valence-corrected chi connectivity index (χ1v) is 7.30. The van der Waals surface area contributed by atoms with E-state index in [1.807, 2.05) is 0 Å². The molecule has 1 aliphatic carbocycles. The maximum atomic E-state index is 12.6. The smallest absolute Gasteiger partial charge is 0.255 e. The molecule has 0 spiro atoms. The second kappa shape index (κ2) is 6.90. The van der Waals surface area contributed by atoms with Crippen LogP contribution in [0.15, 0.2) is 12.3 Å². The number of pyridine rings is 1. The molecule has 5 nitrogen and oxygen atoms in total. The molecular formula is C14H20ClN3O2. The van der Waals surface area contributed by atoms with Crippen LogP contribution >= 0.6 is 11.6 Å². The number of halogens is 1. The van der Waals surface area contributed by atoms with E-state index >= 15 is 0 Å². The number of aromatic nitrogens is 1. The van der Waals surface area contributed by atoms with E-state index in [4.69, 9.17) is 11.6 Å². The lowest BCUT2D eigenvalue weighted by Crippen LogP contribution is -2.40. The summed E-state index contributed by atoms with van der Waals surface area (Å²) < 4.78 is 0. The average molecular weight is 298 g/mol. The van der Waals surface area contributed by atoms with E-state index in [1.165, 1.54) is 6.20 Å². The molecule has 6 heteroatoms. The zero-order valence-electron chi connectivity index (χ0n) is 11.6. The fourth-order valence-corrected chi connectivity index (χ4v) is 2.94. The number of carbonyl (C=O) groups is 1. The van der Waals surface area contributed by atoms with Gasteiger partial charge in [0, 0.05) is 25.8 Å². The van der Waals surface area contributed by atoms with Gasteiger partial charge in [-0.05, 0) is 18.9 Å². The van der Waals surface area contributed by atoms with E-state index in [0.29, 0.717) is 22.9 Å². The average Bonchev–Trinajstić information content (AvgIpc) is 2.97. The molecule has 0 radical (unpaired) electrons. The van der Waals surface area contributed by atoms with Gasteiger partial charge < -0.3 is 15.3 Å². The van der Waals surface area contributed by atoms with Crippen molar-refractivity contribution in [2.45, 2.75) is 31.7 Å². The van der Waals surface area contributed by atoms with Gasteiger partial charge in [-0.2, -0.15) is 0 Å². The number of amides is 1. The van der Waals surface area contributed by atoms with Crippen LogP contribution < -0.4 is 5.32 Å². The maximum Gasteiger partial charge on any atom is 0.255 e. The van der Waals surface area contributed by atoms with Gasteiger partial charge >= 0.3 is 0 Å². The summed E-state index contributed by atoms with van der Waals surface area (Å²) in [6, 6.07) is 1.85. The van der Waals surface area contributed by atoms with Crippen molar-refractivity contribution in [1.82, 2.24) is 9.88 Å². The fraction of sp³-hybridized carbons (Fsp3) is 0.571. The summed E-state index contributed by atoms with van der Waals surface area (Å²) in [6.45, 7) is 0.326. The largest absolute Gasteiger partial charge is 0.395 e. The number of nitrogens with one attached hydrogen (secondary N) is 1. The summed E-state index contributed by atoms with van der Waals surface area (Å²) in [7, 11) is 1.73. The quantitative estimate of drug-likeness (QED) is 0.874. The normalized spacial score (nSPS) is 15.3. The molecule has 1 aromatic rings. The third-order valence-corrected chi connectivity index (χ3v) is 3.98. The number of hydrogen-bond donors (Lipinski definition) is 2. The number of hydrogen-bond acceptors (Lipinski definition) is 4. The van der Waals surface area contributed by atoms with Crippen molar-refractivity contribution in [3.63, 3.8) is 0 Å². The lowest BCUT2D eigenvalue weighted by atomic mass is 10.1. The molecule has 0 atom stereocenters. The van der Waals surface area contributed by atoms with E-state index < -0.39 is 0 Å². The molecule has 1 aliphatic rings. The zero-order valence-corrected chi connectivity index (χ0v) is 12.4. The third kappa shape index (κ3) is 3.22. The highest BCUT2D eigenvalue weighted by atomic mass is 35.5. The minimum absolute atomic E-state index is 0.0298. The molecule has 2 rings (SSSR count). The van der Waals surface area contributed by atoms with Gasteiger partial charge in [-0.3, -0.25) is 4.79 Å². The molecule has 1 fully saturated rings. The molecule has 1 amide bonds. The predicted molar refractivity (Wildman–Crippen MR) is 79.2 cm³/mol. The van der Waals surface area contributed by atoms with E-state index in [2.05, 4.69) is 10.3 Å². The standard InChI is InChI=1S/C14H20ClN3O2/c1-16-13-12(15)8-10(9-17-13)14(20)18(6-7-19)11-4-2-3-5-11/h8-9,11,19H,2-7H2,1H3,(H,16,17). The van der Waals surface area contributed by atoms with Gasteiger partial charge in [0.1, 0.15) is 5.82 Å². The highest BCUT2D eigenvalue weighted by Gasteiger charge is 2.27. The number of anilines is 1. The Morgan fingerprint density at radius 3 is 2.80 bits per heavy atom. The molecule has 1 heterocycles. The summed E-state index contributed by atoms with van der Waals surface area (Å²) in [5.74, 6) is 0.445. The molecular weight excluding hydrogens is 278 g/mol. The molecule has 0 aromatic carbocycles. The molecule has 1 saturated carbocycles. The summed E-state index contributed by atoms with van der Waals surface area (Å²) in [5, 5.41) is 12.5. The number of aliphatic hydroxyl groups excluding tert-OH is 1. The van der Waals surface area contributed by atoms with Crippen LogP contribution in [0.3, 0.4) is 0 Å². The molecule has 1 aromatic heterocycles. The number of aliphatic hydroxyl groups is 1. The maximum absolute atomic E-state index is 12.6. The van der Waals surface area contributed by atoms with Gasteiger partial charge in [0.15, 0.2) is 0 Å². The van der Waals surface area contributed by atoms with Crippen molar-refractivity contribution in [1.29, 1.82) is 0 Å². The van der Waals surface area contributed by atoms with Gasteiger partial charge in [0.2, 0.25) is 0 Å². The molecule has 2 N–H and O–H groups in total. The van der Waals surface area contributed by atoms with E-state index in [9.17, 15) is 9.90 Å². The van der Waals surface area contributed by atoms with Crippen LogP contribution in [0.5, 0.6) is 0 Å². The zero-order chi connectivity index (χ0) is 14.5. The molecule has 0 saturated heterocycles. The number of carbonyl (C=O) groups excluding carboxylic acids is 1. The lowest BCUT2D eigenvalue weighted by molar-refractivity contribution is 0.0637. The van der Waals surface area contributed by atoms with Crippen LogP contribution in [0.2, 0.25) is 5.02 Å². The summed E-state index contributed by atoms with van der Waals surface area (Å²) in [4.78, 5) is 18.5. The first kappa shape index (κ1) is 15.1. The second-order valence-electron chi connectivity index (χ2n) is 4.96. The molecule has 0 aliphatic heterocycles. The Labute approximate surface area is 123 Å². The Morgan fingerprint density at radius 2 is 2.25 bits per heavy atom. The Balaban J connectivity index is 2.20. The van der Waals surface area contributed by atoms with Gasteiger partial charge in [-0.1, -0.05) is 24.4 Å². The van der Waals surface area contributed by atoms with Crippen molar-refractivity contribution in [2.75, 3.05) is 25.5 Å². The Bertz CT molecular complexity index is 475. The molecule has 0 bridgehead atoms. The van der Waals surface area contributed by atoms with Crippen LogP contribution in [0, 0.1) is 0 Å². The van der Waals surface area contributed by atoms with E-state index in [1.54, 1.807) is 18.0 Å². The monoisotopic (exact) mass is 297 g/mol. The van der Waals surface area contributed by atoms with Crippen LogP contribution in [-0.2, 0) is 0 Å². The summed E-state index contributed by atoms with van der Waals surface area (Å²) in [5.41, 5.74) is 0.467. The van der Waals surface area contributed by atoms with Crippen LogP contribution in [0.25, 0.3) is 0 Å². The second-order valence-corrected chi connectivity index (χ2v) is 5.37. The topological polar surface area (TPSA) is 65.5 Å². The fourth-order valence-electron chi connectivity index (χ4n) is 2.68. The third-order valence-electron chi connectivity index (χ3n) is 3.69. The first-order chi connectivity index (χ1) is 9.67. The molecule has 20 heavy (non-hydrogen) atoms. The van der Waals surface area contributed by atoms with Crippen molar-refractivity contribution >= 4 is 23.3 Å². The first-order valence-electron chi connectivity index (χ1n) is 6.92. The number of nitrogens with zero attached hydrogens (tertiary/aromatic N) is 2.